The number of aromatic nitrogens is 2. The molecule has 5 heteroatoms. The Morgan fingerprint density at radius 2 is 1.90 bits per heavy atom. The average molecular weight is 301 g/mol. The zero-order valence-electron chi connectivity index (χ0n) is 11.1. The Balaban J connectivity index is 1.79. The number of aromatic hydroxyl groups is 1. The van der Waals surface area contributed by atoms with Crippen molar-refractivity contribution < 1.29 is 9.84 Å². The van der Waals surface area contributed by atoms with Crippen LogP contribution in [0.1, 0.15) is 5.56 Å². The highest BCUT2D eigenvalue weighted by atomic mass is 35.5. The first-order valence-electron chi connectivity index (χ1n) is 6.44. The SMILES string of the molecule is Oc1cccc(Cn2ncc(Oc3ccccc3)c2Cl)c1. The van der Waals surface area contributed by atoms with E-state index < -0.39 is 0 Å². The predicted octanol–water partition coefficient (Wildman–Crippen LogP) is 4.08. The number of nitrogens with zero attached hydrogens (tertiary/aromatic N) is 2. The van der Waals surface area contributed by atoms with Gasteiger partial charge in [0.25, 0.3) is 0 Å². The number of ether oxygens (including phenoxy) is 1. The minimum absolute atomic E-state index is 0.219. The molecule has 0 aliphatic rings. The van der Waals surface area contributed by atoms with Gasteiger partial charge in [0.2, 0.25) is 0 Å². The molecule has 0 fully saturated rings. The van der Waals surface area contributed by atoms with Gasteiger partial charge in [-0.15, -0.1) is 0 Å². The molecule has 0 aliphatic carbocycles. The van der Waals surface area contributed by atoms with Crippen LogP contribution < -0.4 is 4.74 Å². The summed E-state index contributed by atoms with van der Waals surface area (Å²) in [5.74, 6) is 1.43. The van der Waals surface area contributed by atoms with E-state index in [1.165, 1.54) is 0 Å². The monoisotopic (exact) mass is 300 g/mol. The van der Waals surface area contributed by atoms with E-state index in [1.54, 1.807) is 29.1 Å². The molecule has 1 aromatic heterocycles. The van der Waals surface area contributed by atoms with Crippen LogP contribution in [0.25, 0.3) is 0 Å². The van der Waals surface area contributed by atoms with Crippen LogP contribution in [-0.2, 0) is 6.54 Å². The Bertz CT molecular complexity index is 741. The summed E-state index contributed by atoms with van der Waals surface area (Å²) < 4.78 is 7.31. The molecule has 3 aromatic rings. The second-order valence-electron chi connectivity index (χ2n) is 4.54. The molecular weight excluding hydrogens is 288 g/mol. The fourth-order valence-electron chi connectivity index (χ4n) is 1.98. The summed E-state index contributed by atoms with van der Waals surface area (Å²) in [6.45, 7) is 0.464. The zero-order chi connectivity index (χ0) is 14.7. The lowest BCUT2D eigenvalue weighted by molar-refractivity contribution is 0.474. The third kappa shape index (κ3) is 3.17. The van der Waals surface area contributed by atoms with Crippen molar-refractivity contribution >= 4 is 11.6 Å². The van der Waals surface area contributed by atoms with E-state index in [0.717, 1.165) is 5.56 Å². The minimum atomic E-state index is 0.219. The Morgan fingerprint density at radius 1 is 1.10 bits per heavy atom. The highest BCUT2D eigenvalue weighted by Crippen LogP contribution is 2.29. The lowest BCUT2D eigenvalue weighted by Gasteiger charge is -2.06. The highest BCUT2D eigenvalue weighted by Gasteiger charge is 2.11. The maximum Gasteiger partial charge on any atom is 0.184 e. The Morgan fingerprint density at radius 3 is 2.67 bits per heavy atom. The summed E-state index contributed by atoms with van der Waals surface area (Å²) in [6, 6.07) is 16.4. The van der Waals surface area contributed by atoms with Gasteiger partial charge in [0.15, 0.2) is 10.9 Å². The molecule has 106 valence electrons. The Kier molecular flexibility index (Phi) is 3.79. The van der Waals surface area contributed by atoms with Gasteiger partial charge in [-0.05, 0) is 29.8 Å². The molecule has 1 heterocycles. The van der Waals surface area contributed by atoms with Crippen molar-refractivity contribution in [2.24, 2.45) is 0 Å². The molecule has 0 saturated heterocycles. The second kappa shape index (κ2) is 5.89. The third-order valence-electron chi connectivity index (χ3n) is 2.96. The molecule has 0 aliphatic heterocycles. The van der Waals surface area contributed by atoms with Gasteiger partial charge in [0.05, 0.1) is 12.7 Å². The molecule has 1 N–H and O–H groups in total. The van der Waals surface area contributed by atoms with Crippen LogP contribution in [0.15, 0.2) is 60.8 Å². The number of para-hydroxylation sites is 1. The quantitative estimate of drug-likeness (QED) is 0.789. The number of phenols is 1. The number of phenolic OH excluding ortho intramolecular Hbond substituents is 1. The van der Waals surface area contributed by atoms with Gasteiger partial charge in [0, 0.05) is 0 Å². The number of hydrogen-bond acceptors (Lipinski definition) is 3. The summed E-state index contributed by atoms with van der Waals surface area (Å²) in [6.07, 6.45) is 1.58. The summed E-state index contributed by atoms with van der Waals surface area (Å²) >= 11 is 6.28. The van der Waals surface area contributed by atoms with Crippen LogP contribution in [0, 0.1) is 0 Å². The second-order valence-corrected chi connectivity index (χ2v) is 4.90. The topological polar surface area (TPSA) is 47.3 Å². The van der Waals surface area contributed by atoms with E-state index >= 15 is 0 Å². The van der Waals surface area contributed by atoms with Crippen molar-refractivity contribution in [2.45, 2.75) is 6.54 Å². The van der Waals surface area contributed by atoms with Gasteiger partial charge < -0.3 is 9.84 Å². The van der Waals surface area contributed by atoms with Gasteiger partial charge >= 0.3 is 0 Å². The number of hydrogen-bond donors (Lipinski definition) is 1. The first-order chi connectivity index (χ1) is 10.2. The molecule has 4 nitrogen and oxygen atoms in total. The van der Waals surface area contributed by atoms with E-state index in [0.29, 0.717) is 23.2 Å². The van der Waals surface area contributed by atoms with Gasteiger partial charge in [0.1, 0.15) is 11.5 Å². The predicted molar refractivity (Wildman–Crippen MR) is 81.0 cm³/mol. The molecule has 0 radical (unpaired) electrons. The first kappa shape index (κ1) is 13.5. The van der Waals surface area contributed by atoms with Crippen LogP contribution >= 0.6 is 11.6 Å². The van der Waals surface area contributed by atoms with Crippen molar-refractivity contribution in [1.82, 2.24) is 9.78 Å². The zero-order valence-corrected chi connectivity index (χ0v) is 11.9. The fourth-order valence-corrected chi connectivity index (χ4v) is 2.17. The molecular formula is C16H13ClN2O2. The van der Waals surface area contributed by atoms with Gasteiger partial charge in [-0.25, -0.2) is 4.68 Å². The van der Waals surface area contributed by atoms with E-state index in [2.05, 4.69) is 5.10 Å². The largest absolute Gasteiger partial charge is 0.508 e. The fraction of sp³-hybridized carbons (Fsp3) is 0.0625. The number of benzene rings is 2. The summed E-state index contributed by atoms with van der Waals surface area (Å²) in [5.41, 5.74) is 0.909. The lowest BCUT2D eigenvalue weighted by Crippen LogP contribution is -2.01. The van der Waals surface area contributed by atoms with Crippen molar-refractivity contribution in [3.63, 3.8) is 0 Å². The third-order valence-corrected chi connectivity index (χ3v) is 3.34. The van der Waals surface area contributed by atoms with Crippen LogP contribution in [-0.4, -0.2) is 14.9 Å². The van der Waals surface area contributed by atoms with Gasteiger partial charge in [-0.3, -0.25) is 0 Å². The molecule has 0 saturated carbocycles. The molecule has 0 bridgehead atoms. The molecule has 21 heavy (non-hydrogen) atoms. The number of rotatable bonds is 4. The van der Waals surface area contributed by atoms with E-state index in [9.17, 15) is 5.11 Å². The normalized spacial score (nSPS) is 10.5. The number of halogens is 1. The molecule has 3 rings (SSSR count). The maximum absolute atomic E-state index is 9.47. The molecule has 0 unspecified atom stereocenters. The maximum atomic E-state index is 9.47. The van der Waals surface area contributed by atoms with Crippen molar-refractivity contribution in [3.8, 4) is 17.2 Å². The molecule has 0 amide bonds. The Hall–Kier alpha value is -2.46. The van der Waals surface area contributed by atoms with Gasteiger partial charge in [-0.1, -0.05) is 41.9 Å². The lowest BCUT2D eigenvalue weighted by atomic mass is 10.2. The molecule has 0 atom stereocenters. The summed E-state index contributed by atoms with van der Waals surface area (Å²) in [4.78, 5) is 0. The van der Waals surface area contributed by atoms with Crippen LogP contribution in [0.5, 0.6) is 17.2 Å². The van der Waals surface area contributed by atoms with Crippen molar-refractivity contribution in [1.29, 1.82) is 0 Å². The van der Waals surface area contributed by atoms with Crippen molar-refractivity contribution in [3.05, 3.63) is 71.5 Å². The van der Waals surface area contributed by atoms with E-state index in [-0.39, 0.29) is 5.75 Å². The molecule has 2 aromatic carbocycles. The standard InChI is InChI=1S/C16H13ClN2O2/c17-16-15(21-14-7-2-1-3-8-14)10-18-19(16)11-12-5-4-6-13(20)9-12/h1-10,20H,11H2. The average Bonchev–Trinajstić information content (AvgIpc) is 2.82. The van der Waals surface area contributed by atoms with Gasteiger partial charge in [-0.2, -0.15) is 5.10 Å². The van der Waals surface area contributed by atoms with Crippen LogP contribution in [0.3, 0.4) is 0 Å². The van der Waals surface area contributed by atoms with Crippen LogP contribution in [0.2, 0.25) is 5.15 Å². The summed E-state index contributed by atoms with van der Waals surface area (Å²) in [7, 11) is 0. The highest BCUT2D eigenvalue weighted by molar-refractivity contribution is 6.31. The smallest absolute Gasteiger partial charge is 0.184 e. The molecule has 0 spiro atoms. The van der Waals surface area contributed by atoms with E-state index in [4.69, 9.17) is 16.3 Å². The van der Waals surface area contributed by atoms with Crippen LogP contribution in [0.4, 0.5) is 0 Å². The van der Waals surface area contributed by atoms with Crippen molar-refractivity contribution in [2.75, 3.05) is 0 Å². The minimum Gasteiger partial charge on any atom is -0.508 e. The van der Waals surface area contributed by atoms with E-state index in [1.807, 2.05) is 36.4 Å². The first-order valence-corrected chi connectivity index (χ1v) is 6.82. The summed E-state index contributed by atoms with van der Waals surface area (Å²) in [5, 5.41) is 14.1. The Labute approximate surface area is 127 Å².